The van der Waals surface area contributed by atoms with Crippen LogP contribution in [0.5, 0.6) is 0 Å². The highest BCUT2D eigenvalue weighted by atomic mass is 79.9. The average molecular weight is 412 g/mol. The van der Waals surface area contributed by atoms with Crippen LogP contribution in [0, 0.1) is 5.92 Å². The molecular formula is C18H26BrN3O3. The molecular weight excluding hydrogens is 386 g/mol. The van der Waals surface area contributed by atoms with Gasteiger partial charge in [-0.1, -0.05) is 13.8 Å². The molecule has 0 aromatic carbocycles. The van der Waals surface area contributed by atoms with Crippen molar-refractivity contribution < 1.29 is 14.3 Å². The summed E-state index contributed by atoms with van der Waals surface area (Å²) in [5.41, 5.74) is -0.365. The molecule has 7 heteroatoms. The van der Waals surface area contributed by atoms with Crippen molar-refractivity contribution in [3.05, 3.63) is 16.5 Å². The van der Waals surface area contributed by atoms with E-state index in [1.165, 1.54) is 0 Å². The highest BCUT2D eigenvalue weighted by Gasteiger charge is 2.43. The minimum absolute atomic E-state index is 0.258. The van der Waals surface area contributed by atoms with E-state index in [1.807, 2.05) is 18.7 Å². The topological polar surface area (TPSA) is 72.4 Å². The normalized spacial score (nSPS) is 20.2. The number of Topliss-reactive ketones (excluding diaryl/α,β-unsaturated/α-hetero) is 1. The first-order valence-electron chi connectivity index (χ1n) is 8.82. The lowest BCUT2D eigenvalue weighted by Gasteiger charge is -2.42. The zero-order valence-corrected chi connectivity index (χ0v) is 17.1. The number of anilines is 1. The molecule has 0 N–H and O–H groups in total. The lowest BCUT2D eigenvalue weighted by atomic mass is 9.87. The smallest absolute Gasteiger partial charge is 0.319 e. The number of hydrogen-bond donors (Lipinski definition) is 0. The second-order valence-electron chi connectivity index (χ2n) is 7.05. The van der Waals surface area contributed by atoms with E-state index in [0.29, 0.717) is 23.0 Å². The predicted molar refractivity (Wildman–Crippen MR) is 99.7 cm³/mol. The van der Waals surface area contributed by atoms with Gasteiger partial charge in [0.2, 0.25) is 5.78 Å². The molecule has 138 valence electrons. The van der Waals surface area contributed by atoms with Crippen molar-refractivity contribution in [3.63, 3.8) is 0 Å². The van der Waals surface area contributed by atoms with Crippen molar-refractivity contribution in [1.29, 1.82) is 0 Å². The Bertz CT molecular complexity index is 653. The third-order valence-electron chi connectivity index (χ3n) is 4.13. The summed E-state index contributed by atoms with van der Waals surface area (Å²) in [7, 11) is 0. The number of nitrogens with zero attached hydrogens (tertiary/aromatic N) is 3. The maximum Gasteiger partial charge on any atom is 0.319 e. The average Bonchev–Trinajstić information content (AvgIpc) is 2.48. The lowest BCUT2D eigenvalue weighted by Crippen LogP contribution is -2.51. The number of halogens is 1. The van der Waals surface area contributed by atoms with Gasteiger partial charge in [-0.25, -0.2) is 9.97 Å². The van der Waals surface area contributed by atoms with Crippen LogP contribution in [-0.4, -0.2) is 39.9 Å². The number of hydrogen-bond acceptors (Lipinski definition) is 6. The number of ether oxygens (including phenoxy) is 1. The Labute approximate surface area is 157 Å². The van der Waals surface area contributed by atoms with Crippen LogP contribution in [0.1, 0.15) is 64.4 Å². The van der Waals surface area contributed by atoms with Gasteiger partial charge in [-0.15, -0.1) is 0 Å². The minimum Gasteiger partial charge on any atom is -0.459 e. The molecule has 3 rings (SSSR count). The van der Waals surface area contributed by atoms with Crippen LogP contribution in [-0.2, 0) is 9.53 Å². The second-order valence-corrected chi connectivity index (χ2v) is 7.86. The fourth-order valence-corrected chi connectivity index (χ4v) is 3.12. The number of rotatable bonds is 2. The van der Waals surface area contributed by atoms with Gasteiger partial charge < -0.3 is 9.64 Å². The standard InChI is InChI=1S/C16H20BrN3O3.C2H6/c1-16(2,3)23-15(22)10-8-20(9-5-4-6-9)14-12(13(10)21)19-11(17)7-18-14;1-2/h7,9-10H,4-6,8H2,1-3H3;1-2H3. The van der Waals surface area contributed by atoms with Gasteiger partial charge in [0.25, 0.3) is 0 Å². The van der Waals surface area contributed by atoms with Gasteiger partial charge >= 0.3 is 5.97 Å². The summed E-state index contributed by atoms with van der Waals surface area (Å²) < 4.78 is 5.92. The molecule has 1 aliphatic heterocycles. The molecule has 6 nitrogen and oxygen atoms in total. The number of ketones is 1. The number of carbonyl (C=O) groups excluding carboxylic acids is 2. The molecule has 1 saturated carbocycles. The molecule has 0 amide bonds. The third kappa shape index (κ3) is 4.37. The van der Waals surface area contributed by atoms with E-state index in [-0.39, 0.29) is 11.5 Å². The highest BCUT2D eigenvalue weighted by molar-refractivity contribution is 9.10. The van der Waals surface area contributed by atoms with Gasteiger partial charge in [0.05, 0.1) is 6.20 Å². The maximum absolute atomic E-state index is 12.7. The summed E-state index contributed by atoms with van der Waals surface area (Å²) >= 11 is 3.25. The minimum atomic E-state index is -0.842. The molecule has 1 fully saturated rings. The summed E-state index contributed by atoms with van der Waals surface area (Å²) in [6, 6.07) is 0.322. The van der Waals surface area contributed by atoms with Crippen LogP contribution >= 0.6 is 15.9 Å². The van der Waals surface area contributed by atoms with Crippen molar-refractivity contribution in [3.8, 4) is 0 Å². The Morgan fingerprint density at radius 1 is 1.32 bits per heavy atom. The van der Waals surface area contributed by atoms with Crippen LogP contribution in [0.3, 0.4) is 0 Å². The van der Waals surface area contributed by atoms with Crippen LogP contribution in [0.25, 0.3) is 0 Å². The Hall–Kier alpha value is -1.50. The summed E-state index contributed by atoms with van der Waals surface area (Å²) in [5, 5.41) is 0. The summed E-state index contributed by atoms with van der Waals surface area (Å²) in [6.45, 7) is 9.71. The van der Waals surface area contributed by atoms with Gasteiger partial charge in [0, 0.05) is 12.6 Å². The van der Waals surface area contributed by atoms with Crippen LogP contribution in [0.4, 0.5) is 5.82 Å². The predicted octanol–water partition coefficient (Wildman–Crippen LogP) is 3.78. The molecule has 2 aliphatic rings. The first kappa shape index (κ1) is 19.8. The fourth-order valence-electron chi connectivity index (χ4n) is 2.84. The number of carbonyl (C=O) groups is 2. The maximum atomic E-state index is 12.7. The largest absolute Gasteiger partial charge is 0.459 e. The van der Waals surface area contributed by atoms with Crippen LogP contribution in [0.2, 0.25) is 0 Å². The van der Waals surface area contributed by atoms with Gasteiger partial charge in [-0.3, -0.25) is 9.59 Å². The Morgan fingerprint density at radius 3 is 2.48 bits per heavy atom. The first-order valence-corrected chi connectivity index (χ1v) is 9.62. The lowest BCUT2D eigenvalue weighted by molar-refractivity contribution is -0.157. The molecule has 1 aromatic heterocycles. The van der Waals surface area contributed by atoms with E-state index in [2.05, 4.69) is 25.9 Å². The molecule has 0 radical (unpaired) electrons. The molecule has 1 aromatic rings. The van der Waals surface area contributed by atoms with Crippen molar-refractivity contribution in [2.75, 3.05) is 11.4 Å². The summed E-state index contributed by atoms with van der Waals surface area (Å²) in [6.07, 6.45) is 4.84. The monoisotopic (exact) mass is 411 g/mol. The molecule has 0 bridgehead atoms. The number of fused-ring (bicyclic) bond motifs is 1. The van der Waals surface area contributed by atoms with Crippen molar-refractivity contribution in [2.24, 2.45) is 5.92 Å². The summed E-state index contributed by atoms with van der Waals surface area (Å²) in [4.78, 5) is 35.9. The van der Waals surface area contributed by atoms with Crippen molar-refractivity contribution in [2.45, 2.75) is 65.5 Å². The Morgan fingerprint density at radius 2 is 1.96 bits per heavy atom. The van der Waals surface area contributed by atoms with E-state index < -0.39 is 17.5 Å². The second kappa shape index (κ2) is 7.81. The van der Waals surface area contributed by atoms with Crippen molar-refractivity contribution >= 4 is 33.5 Å². The fraction of sp³-hybridized carbons (Fsp3) is 0.667. The number of esters is 1. The summed E-state index contributed by atoms with van der Waals surface area (Å²) in [5.74, 6) is -1.05. The van der Waals surface area contributed by atoms with E-state index >= 15 is 0 Å². The van der Waals surface area contributed by atoms with E-state index in [0.717, 1.165) is 19.3 Å². The Kier molecular flexibility index (Phi) is 6.19. The molecule has 2 heterocycles. The van der Waals surface area contributed by atoms with Crippen LogP contribution < -0.4 is 4.90 Å². The quantitative estimate of drug-likeness (QED) is 0.544. The van der Waals surface area contributed by atoms with Gasteiger partial charge in [-0.2, -0.15) is 0 Å². The zero-order valence-electron chi connectivity index (χ0n) is 15.5. The molecule has 25 heavy (non-hydrogen) atoms. The van der Waals surface area contributed by atoms with Crippen molar-refractivity contribution in [1.82, 2.24) is 9.97 Å². The molecule has 0 saturated heterocycles. The van der Waals surface area contributed by atoms with E-state index in [4.69, 9.17) is 4.74 Å². The Balaban J connectivity index is 0.00000109. The zero-order chi connectivity index (χ0) is 18.8. The molecule has 1 aliphatic carbocycles. The van der Waals surface area contributed by atoms with Gasteiger partial charge in [0.1, 0.15) is 16.1 Å². The highest BCUT2D eigenvalue weighted by Crippen LogP contribution is 2.35. The van der Waals surface area contributed by atoms with Crippen LogP contribution in [0.15, 0.2) is 10.8 Å². The SMILES string of the molecule is CC.CC(C)(C)OC(=O)C1CN(C2CCC2)c2ncc(Br)nc2C1=O. The van der Waals surface area contributed by atoms with Gasteiger partial charge in [0.15, 0.2) is 11.5 Å². The molecule has 1 unspecified atom stereocenters. The van der Waals surface area contributed by atoms with Gasteiger partial charge in [-0.05, 0) is 56.0 Å². The third-order valence-corrected chi connectivity index (χ3v) is 4.51. The first-order chi connectivity index (χ1) is 11.8. The van der Waals surface area contributed by atoms with E-state index in [1.54, 1.807) is 27.0 Å². The molecule has 1 atom stereocenters. The van der Waals surface area contributed by atoms with E-state index in [9.17, 15) is 9.59 Å². The molecule has 0 spiro atoms. The number of aromatic nitrogens is 2.